The molecule has 1 saturated carbocycles. The number of benzene rings is 3. The van der Waals surface area contributed by atoms with Gasteiger partial charge in [0.05, 0.1) is 0 Å². The molecule has 4 rings (SSSR count). The van der Waals surface area contributed by atoms with E-state index in [4.69, 9.17) is 0 Å². The molecule has 0 aromatic heterocycles. The van der Waals surface area contributed by atoms with Crippen LogP contribution in [-0.2, 0) is 11.8 Å². The first-order valence-corrected chi connectivity index (χ1v) is 18.7. The molecule has 0 amide bonds. The van der Waals surface area contributed by atoms with E-state index in [0.29, 0.717) is 5.41 Å². The van der Waals surface area contributed by atoms with E-state index in [2.05, 4.69) is 165 Å². The average Bonchev–Trinajstić information content (AvgIpc) is 3.14. The van der Waals surface area contributed by atoms with Gasteiger partial charge in [0.25, 0.3) is 0 Å². The zero-order valence-electron chi connectivity index (χ0n) is 35.3. The second-order valence-electron chi connectivity index (χ2n) is 17.7. The Labute approximate surface area is 345 Å². The fourth-order valence-electron chi connectivity index (χ4n) is 6.18. The maximum atomic E-state index is 3.56. The number of allylic oxidation sites excluding steroid dienone is 1. The zero-order chi connectivity index (χ0) is 37.7. The summed E-state index contributed by atoms with van der Waals surface area (Å²) < 4.78 is 0. The van der Waals surface area contributed by atoms with E-state index in [1.165, 1.54) is 45.4 Å². The molecule has 1 aliphatic rings. The van der Waals surface area contributed by atoms with Crippen LogP contribution in [0.2, 0.25) is 0 Å². The molecule has 1 fully saturated rings. The van der Waals surface area contributed by atoms with E-state index in [0.717, 1.165) is 24.2 Å². The van der Waals surface area contributed by atoms with Gasteiger partial charge in [-0.2, -0.15) is 0 Å². The molecule has 3 aromatic rings. The molecule has 0 aliphatic heterocycles. The van der Waals surface area contributed by atoms with E-state index < -0.39 is 0 Å². The molecule has 0 heteroatoms. The third-order valence-electron chi connectivity index (χ3n) is 11.0. The van der Waals surface area contributed by atoms with Gasteiger partial charge in [0.1, 0.15) is 0 Å². The summed E-state index contributed by atoms with van der Waals surface area (Å²) in [6.07, 6.45) is 2.52. The van der Waals surface area contributed by atoms with E-state index in [-0.39, 0.29) is 60.8 Å². The molecule has 0 nitrogen and oxygen atoms in total. The first-order chi connectivity index (χ1) is 21.9. The summed E-state index contributed by atoms with van der Waals surface area (Å²) in [6.45, 7) is 46.4. The SMILES string of the molecule is C.C.C.C.C.C.C=C(C)C.CC.CC1CC(C)(C)[C@@H](C)C1C.Cc1ccc(C(C)(C)c2cc(C)cc(CC(C)(C)C(C)(C)C)c2)cc1.Cc1ccccc1. The van der Waals surface area contributed by atoms with Crippen LogP contribution in [0.15, 0.2) is 84.9 Å². The molecule has 3 aromatic carbocycles. The van der Waals surface area contributed by atoms with Gasteiger partial charge >= 0.3 is 0 Å². The van der Waals surface area contributed by atoms with Crippen molar-refractivity contribution < 1.29 is 0 Å². The molecule has 54 heavy (non-hydrogen) atoms. The Kier molecular flexibility index (Phi) is 35.3. The minimum Gasteiger partial charge on any atom is -0.100 e. The summed E-state index contributed by atoms with van der Waals surface area (Å²) in [7, 11) is 0. The number of hydrogen-bond acceptors (Lipinski definition) is 0. The Bertz CT molecular complexity index is 1320. The first kappa shape index (κ1) is 66.2. The lowest BCUT2D eigenvalue weighted by Gasteiger charge is -2.39. The molecule has 3 atom stereocenters. The van der Waals surface area contributed by atoms with E-state index >= 15 is 0 Å². The lowest BCUT2D eigenvalue weighted by atomic mass is 9.66. The van der Waals surface area contributed by atoms with Gasteiger partial charge in [-0.05, 0) is 98.1 Å². The smallest absolute Gasteiger partial charge is 0.0146 e. The number of rotatable bonds is 4. The van der Waals surface area contributed by atoms with Crippen molar-refractivity contribution in [3.05, 3.63) is 118 Å². The van der Waals surface area contributed by atoms with Gasteiger partial charge in [-0.3, -0.25) is 0 Å². The summed E-state index contributed by atoms with van der Waals surface area (Å²) in [5.74, 6) is 2.77. The fraction of sp³-hybridized carbons (Fsp3) is 0.630. The Morgan fingerprint density at radius 3 is 1.33 bits per heavy atom. The quantitative estimate of drug-likeness (QED) is 0.233. The van der Waals surface area contributed by atoms with Crippen LogP contribution >= 0.6 is 0 Å². The highest BCUT2D eigenvalue weighted by Crippen LogP contribution is 2.49. The third-order valence-corrected chi connectivity index (χ3v) is 11.0. The first-order valence-electron chi connectivity index (χ1n) is 18.7. The molecule has 2 unspecified atom stereocenters. The number of aryl methyl sites for hydroxylation is 3. The topological polar surface area (TPSA) is 0 Å². The molecular formula is C54H102. The molecule has 0 radical (unpaired) electrons. The highest BCUT2D eigenvalue weighted by Gasteiger charge is 2.40. The normalized spacial score (nSPS) is 16.3. The van der Waals surface area contributed by atoms with E-state index in [1.54, 1.807) is 0 Å². The van der Waals surface area contributed by atoms with Crippen LogP contribution in [-0.4, -0.2) is 0 Å². The lowest BCUT2D eigenvalue weighted by molar-refractivity contribution is 0.132. The predicted octanol–water partition coefficient (Wildman–Crippen LogP) is 19.0. The molecule has 0 N–H and O–H groups in total. The van der Waals surface area contributed by atoms with Crippen LogP contribution in [0.1, 0.15) is 195 Å². The van der Waals surface area contributed by atoms with Crippen LogP contribution in [0.4, 0.5) is 0 Å². The van der Waals surface area contributed by atoms with Gasteiger partial charge < -0.3 is 0 Å². The lowest BCUT2D eigenvalue weighted by Crippen LogP contribution is -2.32. The predicted molar refractivity (Wildman–Crippen MR) is 261 cm³/mol. The van der Waals surface area contributed by atoms with Crippen molar-refractivity contribution in [3.63, 3.8) is 0 Å². The zero-order valence-corrected chi connectivity index (χ0v) is 35.3. The van der Waals surface area contributed by atoms with Gasteiger partial charge in [0, 0.05) is 5.41 Å². The Hall–Kier alpha value is -2.60. The minimum absolute atomic E-state index is 0. The minimum atomic E-state index is 0. The molecule has 0 bridgehead atoms. The second-order valence-corrected chi connectivity index (χ2v) is 17.7. The molecular weight excluding hydrogens is 649 g/mol. The molecule has 0 saturated heterocycles. The van der Waals surface area contributed by atoms with Crippen molar-refractivity contribution in [2.45, 2.75) is 194 Å². The van der Waals surface area contributed by atoms with Gasteiger partial charge in [0.2, 0.25) is 0 Å². The molecule has 1 aliphatic carbocycles. The van der Waals surface area contributed by atoms with E-state index in [9.17, 15) is 0 Å². The average molecular weight is 751 g/mol. The van der Waals surface area contributed by atoms with Crippen LogP contribution in [0.3, 0.4) is 0 Å². The molecule has 0 heterocycles. The summed E-state index contributed by atoms with van der Waals surface area (Å²) >= 11 is 0. The van der Waals surface area contributed by atoms with Crippen molar-refractivity contribution in [1.29, 1.82) is 0 Å². The van der Waals surface area contributed by atoms with Crippen LogP contribution in [0, 0.1) is 54.8 Å². The van der Waals surface area contributed by atoms with Crippen molar-refractivity contribution >= 4 is 0 Å². The third kappa shape index (κ3) is 22.1. The second kappa shape index (κ2) is 28.8. The molecule has 0 spiro atoms. The van der Waals surface area contributed by atoms with Crippen LogP contribution in [0.25, 0.3) is 0 Å². The maximum Gasteiger partial charge on any atom is 0.0146 e. The van der Waals surface area contributed by atoms with Gasteiger partial charge in [-0.15, -0.1) is 6.58 Å². The van der Waals surface area contributed by atoms with E-state index in [1.807, 2.05) is 45.9 Å². The highest BCUT2D eigenvalue weighted by molar-refractivity contribution is 5.42. The molecule has 318 valence electrons. The monoisotopic (exact) mass is 751 g/mol. The van der Waals surface area contributed by atoms with Gasteiger partial charge in [0.15, 0.2) is 0 Å². The van der Waals surface area contributed by atoms with Crippen molar-refractivity contribution in [3.8, 4) is 0 Å². The van der Waals surface area contributed by atoms with Crippen molar-refractivity contribution in [1.82, 2.24) is 0 Å². The fourth-order valence-corrected chi connectivity index (χ4v) is 6.18. The van der Waals surface area contributed by atoms with Gasteiger partial charge in [-0.25, -0.2) is 0 Å². The van der Waals surface area contributed by atoms with Crippen molar-refractivity contribution in [2.75, 3.05) is 0 Å². The highest BCUT2D eigenvalue weighted by atomic mass is 14.5. The summed E-state index contributed by atoms with van der Waals surface area (Å²) in [6, 6.07) is 26.4. The van der Waals surface area contributed by atoms with Crippen LogP contribution in [0.5, 0.6) is 0 Å². The van der Waals surface area contributed by atoms with Crippen LogP contribution < -0.4 is 0 Å². The Morgan fingerprint density at radius 1 is 0.630 bits per heavy atom. The van der Waals surface area contributed by atoms with Gasteiger partial charge in [-0.1, -0.05) is 237 Å². The van der Waals surface area contributed by atoms with Crippen molar-refractivity contribution in [2.24, 2.45) is 34.0 Å². The standard InChI is InChI=1S/C25H36.C10H20.C7H8.C4H8.C2H6.6CH4/c1-18-10-12-21(13-11-18)25(8,9)22-15-19(2)14-20(16-22)17-24(6,7)23(3,4)5;1-7-6-10(4,5)9(3)8(7)2;1-7-5-3-2-4-6-7;1-4(2)3;1-2;;;;;;/h10-16H,17H2,1-9H3;7-9H,6H2,1-5H3;2-6H,1H3;1H2,2-3H3;1-2H3;6*1H4/t;7?,8?,9-;;;;;;;;;/m.0........./s1. The number of hydrogen-bond donors (Lipinski definition) is 0. The summed E-state index contributed by atoms with van der Waals surface area (Å²) in [4.78, 5) is 0. The Balaban J connectivity index is -0.000000127. The largest absolute Gasteiger partial charge is 0.100 e. The summed E-state index contributed by atoms with van der Waals surface area (Å²) in [5.41, 5.74) is 10.6. The maximum absolute atomic E-state index is 3.56. The summed E-state index contributed by atoms with van der Waals surface area (Å²) in [5, 5.41) is 0. The Morgan fingerprint density at radius 2 is 1.04 bits per heavy atom.